The summed E-state index contributed by atoms with van der Waals surface area (Å²) in [6.07, 6.45) is 0.487. The number of aromatic nitrogens is 3. The summed E-state index contributed by atoms with van der Waals surface area (Å²) in [4.78, 5) is 44.4. The van der Waals surface area contributed by atoms with Crippen molar-refractivity contribution in [2.24, 2.45) is 23.3 Å². The molecule has 1 saturated heterocycles. The third kappa shape index (κ3) is 9.66. The monoisotopic (exact) mass is 798 g/mol. The van der Waals surface area contributed by atoms with Crippen LogP contribution in [0.5, 0.6) is 5.75 Å². The van der Waals surface area contributed by atoms with Gasteiger partial charge in [-0.3, -0.25) is 18.9 Å². The van der Waals surface area contributed by atoms with Gasteiger partial charge in [0, 0.05) is 0 Å². The Morgan fingerprint density at radius 3 is 2.23 bits per heavy atom. The van der Waals surface area contributed by atoms with Crippen LogP contribution in [-0.2, 0) is 42.4 Å². The Balaban J connectivity index is 1.55. The lowest BCUT2D eigenvalue weighted by Gasteiger charge is -2.32. The van der Waals surface area contributed by atoms with Crippen LogP contribution in [-0.4, -0.2) is 81.2 Å². The van der Waals surface area contributed by atoms with E-state index in [1.807, 2.05) is 6.07 Å². The molecule has 2 aliphatic rings. The fourth-order valence-corrected chi connectivity index (χ4v) is 7.84. The number of benzene rings is 1. The standard InChI is InChI=1S/C37H51N8O10P/c1-21(2)28(39)35(47)52-31-30(26-16-17-27-33(41)42-20-43-45(26)27)54-37(18-38,32(31)53-36(48)29(40)22(3)4)19-50-56(49,55-25-14-10-7-11-15-25)44-23(5)34(46)51-24-12-8-6-9-13-24/h7,10-11,14-17,20-24,28-32H,6,8-9,12-13,19,39-40H2,1-5H3,(H,44,49)(H2,41,42,43)/t23-,28?,29?,30-,31-,32-,37-,56-/m0/s1. The lowest BCUT2D eigenvalue weighted by atomic mass is 9.95. The number of rotatable bonds is 16. The maximum Gasteiger partial charge on any atom is 0.459 e. The van der Waals surface area contributed by atoms with Gasteiger partial charge in [0.1, 0.15) is 60.6 Å². The average molecular weight is 799 g/mol. The minimum absolute atomic E-state index is 0.102. The summed E-state index contributed by atoms with van der Waals surface area (Å²) < 4.78 is 52.0. The van der Waals surface area contributed by atoms with E-state index in [1.54, 1.807) is 58.0 Å². The molecule has 0 radical (unpaired) electrons. The molecule has 3 aromatic rings. The van der Waals surface area contributed by atoms with E-state index < -0.39 is 80.2 Å². The van der Waals surface area contributed by atoms with E-state index in [-0.39, 0.29) is 29.3 Å². The van der Waals surface area contributed by atoms with Gasteiger partial charge < -0.3 is 40.7 Å². The van der Waals surface area contributed by atoms with Gasteiger partial charge in [-0.05, 0) is 68.7 Å². The average Bonchev–Trinajstić information content (AvgIpc) is 3.74. The fraction of sp³-hybridized carbons (Fsp3) is 0.568. The molecule has 2 aromatic heterocycles. The Hall–Kier alpha value is -4.63. The Labute approximate surface area is 325 Å². The number of nitrogens with one attached hydrogen (secondary N) is 1. The van der Waals surface area contributed by atoms with Gasteiger partial charge in [-0.2, -0.15) is 15.4 Å². The third-order valence-corrected chi connectivity index (χ3v) is 11.4. The highest BCUT2D eigenvalue weighted by Gasteiger charge is 2.62. The molecule has 0 spiro atoms. The topological polar surface area (TPSA) is 268 Å². The first-order chi connectivity index (χ1) is 26.6. The number of esters is 3. The normalized spacial score (nSPS) is 24.2. The predicted molar refractivity (Wildman–Crippen MR) is 201 cm³/mol. The molecule has 18 nitrogen and oxygen atoms in total. The minimum Gasteiger partial charge on any atom is -0.461 e. The first kappa shape index (κ1) is 42.5. The van der Waals surface area contributed by atoms with E-state index in [2.05, 4.69) is 15.2 Å². The number of carbonyl (C=O) groups is 3. The molecule has 19 heteroatoms. The number of nitrogen functional groups attached to an aromatic ring is 1. The minimum atomic E-state index is -4.63. The lowest BCUT2D eigenvalue weighted by molar-refractivity contribution is -0.172. The van der Waals surface area contributed by atoms with Crippen molar-refractivity contribution in [3.05, 3.63) is 54.5 Å². The highest BCUT2D eigenvalue weighted by Crippen LogP contribution is 2.50. The Morgan fingerprint density at radius 2 is 1.61 bits per heavy atom. The smallest absolute Gasteiger partial charge is 0.459 e. The van der Waals surface area contributed by atoms with Crippen LogP contribution in [0.25, 0.3) is 5.52 Å². The number of carbonyl (C=O) groups excluding carboxylic acids is 3. The zero-order chi connectivity index (χ0) is 40.8. The van der Waals surface area contributed by atoms with Crippen LogP contribution in [0.15, 0.2) is 48.8 Å². The number of ether oxygens (including phenoxy) is 4. The molecule has 56 heavy (non-hydrogen) atoms. The van der Waals surface area contributed by atoms with Crippen molar-refractivity contribution >= 4 is 37.0 Å². The summed E-state index contributed by atoms with van der Waals surface area (Å²) in [6.45, 7) is 7.34. The second kappa shape index (κ2) is 18.1. The van der Waals surface area contributed by atoms with E-state index in [9.17, 15) is 24.2 Å². The zero-order valence-electron chi connectivity index (χ0n) is 32.1. The number of hydrogen-bond donors (Lipinski definition) is 4. The molecule has 7 N–H and O–H groups in total. The molecule has 1 aromatic carbocycles. The van der Waals surface area contributed by atoms with Crippen molar-refractivity contribution < 1.29 is 46.9 Å². The van der Waals surface area contributed by atoms with Crippen LogP contribution in [0.3, 0.4) is 0 Å². The molecule has 0 amide bonds. The number of nitrogens with zero attached hydrogens (tertiary/aromatic N) is 4. The number of hydrogen-bond acceptors (Lipinski definition) is 16. The van der Waals surface area contributed by atoms with Crippen molar-refractivity contribution in [1.82, 2.24) is 19.7 Å². The molecule has 1 saturated carbocycles. The van der Waals surface area contributed by atoms with Gasteiger partial charge in [0.05, 0.1) is 5.69 Å². The molecule has 8 atom stereocenters. The van der Waals surface area contributed by atoms with Crippen molar-refractivity contribution in [1.29, 1.82) is 5.26 Å². The molecule has 2 fully saturated rings. The van der Waals surface area contributed by atoms with Crippen LogP contribution in [0.2, 0.25) is 0 Å². The summed E-state index contributed by atoms with van der Waals surface area (Å²) in [5, 5.41) is 17.9. The molecular formula is C37H51N8O10P. The van der Waals surface area contributed by atoms with Crippen LogP contribution < -0.4 is 26.8 Å². The fourth-order valence-electron chi connectivity index (χ4n) is 6.32. The highest BCUT2D eigenvalue weighted by atomic mass is 31.2. The van der Waals surface area contributed by atoms with E-state index >= 15 is 0 Å². The Bertz CT molecular complexity index is 1930. The summed E-state index contributed by atoms with van der Waals surface area (Å²) in [5.41, 5.74) is 16.7. The van der Waals surface area contributed by atoms with E-state index in [0.717, 1.165) is 19.3 Å². The summed E-state index contributed by atoms with van der Waals surface area (Å²) >= 11 is 0. The van der Waals surface area contributed by atoms with Gasteiger partial charge in [-0.15, -0.1) is 0 Å². The molecule has 0 bridgehead atoms. The SMILES string of the molecule is CC(C)C(N)C(=O)O[C@H]1[C@H](c2ccc3c(N)ncnn23)O[C@@](C#N)(CO[P@@](=O)(N[C@@H](C)C(=O)OC2CCCCC2)Oc2ccccc2)[C@H]1OC(=O)C(N)C(C)C. The molecule has 1 aliphatic carbocycles. The number of fused-ring (bicyclic) bond motifs is 1. The summed E-state index contributed by atoms with van der Waals surface area (Å²) in [7, 11) is -4.63. The van der Waals surface area contributed by atoms with Crippen molar-refractivity contribution in [3.8, 4) is 11.8 Å². The van der Waals surface area contributed by atoms with Gasteiger partial charge in [0.2, 0.25) is 5.60 Å². The van der Waals surface area contributed by atoms with E-state index in [0.29, 0.717) is 18.4 Å². The van der Waals surface area contributed by atoms with E-state index in [4.69, 9.17) is 45.2 Å². The van der Waals surface area contributed by atoms with Crippen LogP contribution >= 0.6 is 7.75 Å². The number of nitrogens with two attached hydrogens (primary N) is 3. The van der Waals surface area contributed by atoms with Gasteiger partial charge in [0.25, 0.3) is 0 Å². The molecule has 5 rings (SSSR count). The maximum atomic E-state index is 14.7. The molecular weight excluding hydrogens is 747 g/mol. The first-order valence-corrected chi connectivity index (χ1v) is 20.2. The van der Waals surface area contributed by atoms with Gasteiger partial charge in [-0.1, -0.05) is 52.3 Å². The summed E-state index contributed by atoms with van der Waals surface area (Å²) in [5.74, 6) is -3.09. The Morgan fingerprint density at radius 1 is 0.964 bits per heavy atom. The highest BCUT2D eigenvalue weighted by molar-refractivity contribution is 7.52. The van der Waals surface area contributed by atoms with Crippen LogP contribution in [0.1, 0.15) is 78.5 Å². The molecule has 3 heterocycles. The van der Waals surface area contributed by atoms with Gasteiger partial charge in [0.15, 0.2) is 18.0 Å². The number of anilines is 1. The number of para-hydroxylation sites is 1. The van der Waals surface area contributed by atoms with Crippen LogP contribution in [0.4, 0.5) is 5.82 Å². The lowest BCUT2D eigenvalue weighted by Crippen LogP contribution is -2.53. The quantitative estimate of drug-likeness (QED) is 0.0917. The van der Waals surface area contributed by atoms with E-state index in [1.165, 1.54) is 29.9 Å². The maximum absolute atomic E-state index is 14.7. The number of nitriles is 1. The zero-order valence-corrected chi connectivity index (χ0v) is 33.0. The first-order valence-electron chi connectivity index (χ1n) is 18.6. The van der Waals surface area contributed by atoms with Gasteiger partial charge in [-0.25, -0.2) is 14.1 Å². The van der Waals surface area contributed by atoms with Crippen molar-refractivity contribution in [3.63, 3.8) is 0 Å². The molecule has 304 valence electrons. The molecule has 2 unspecified atom stereocenters. The molecule has 1 aliphatic heterocycles. The van der Waals surface area contributed by atoms with Crippen molar-refractivity contribution in [2.75, 3.05) is 12.3 Å². The third-order valence-electron chi connectivity index (χ3n) is 9.82. The van der Waals surface area contributed by atoms with Gasteiger partial charge >= 0.3 is 25.7 Å². The van der Waals surface area contributed by atoms with Crippen LogP contribution in [0, 0.1) is 23.2 Å². The van der Waals surface area contributed by atoms with Crippen molar-refractivity contribution in [2.45, 2.75) is 115 Å². The Kier molecular flexibility index (Phi) is 13.7. The second-order valence-corrected chi connectivity index (χ2v) is 16.5. The predicted octanol–water partition coefficient (Wildman–Crippen LogP) is 3.49. The second-order valence-electron chi connectivity index (χ2n) is 14.8. The largest absolute Gasteiger partial charge is 0.461 e. The summed E-state index contributed by atoms with van der Waals surface area (Å²) in [6, 6.07) is 9.68.